The molecule has 0 amide bonds. The first-order chi connectivity index (χ1) is 7.36. The van der Waals surface area contributed by atoms with Crippen LogP contribution >= 0.6 is 34.5 Å². The first-order valence-electron chi connectivity index (χ1n) is 3.83. The molecule has 0 bridgehead atoms. The molecule has 1 rings (SSSR count). The lowest BCUT2D eigenvalue weighted by molar-refractivity contribution is -0.141. The average Bonchev–Trinajstić information content (AvgIpc) is 2.56. The molecule has 0 saturated carbocycles. The first-order valence-corrected chi connectivity index (χ1v) is 5.55. The van der Waals surface area contributed by atoms with Crippen molar-refractivity contribution in [2.45, 2.75) is 6.18 Å². The van der Waals surface area contributed by atoms with Crippen LogP contribution in [0, 0.1) is 0 Å². The molecule has 0 aliphatic rings. The van der Waals surface area contributed by atoms with E-state index >= 15 is 0 Å². The van der Waals surface area contributed by atoms with E-state index in [1.165, 1.54) is 0 Å². The molecule has 0 aliphatic carbocycles. The fourth-order valence-electron chi connectivity index (χ4n) is 0.821. The van der Waals surface area contributed by atoms with Crippen LogP contribution in [-0.2, 0) is 10.9 Å². The van der Waals surface area contributed by atoms with Crippen molar-refractivity contribution in [3.05, 3.63) is 15.0 Å². The van der Waals surface area contributed by atoms with Gasteiger partial charge in [-0.3, -0.25) is 0 Å². The van der Waals surface area contributed by atoms with E-state index in [2.05, 4.69) is 9.72 Å². The molecule has 0 saturated heterocycles. The molecule has 1 aromatic heterocycles. The molecule has 0 radical (unpaired) electrons. The molecule has 1 heterocycles. The van der Waals surface area contributed by atoms with Gasteiger partial charge in [0.1, 0.15) is 11.5 Å². The van der Waals surface area contributed by atoms with Crippen LogP contribution in [0.25, 0.3) is 0 Å². The summed E-state index contributed by atoms with van der Waals surface area (Å²) in [6.07, 6.45) is -4.74. The fraction of sp³-hybridized carbons (Fsp3) is 0.429. The molecule has 90 valence electrons. The molecule has 0 spiro atoms. The zero-order valence-electron chi connectivity index (χ0n) is 7.48. The van der Waals surface area contributed by atoms with Crippen molar-refractivity contribution in [3.8, 4) is 0 Å². The number of nitrogens with zero attached hydrogens (tertiary/aromatic N) is 1. The van der Waals surface area contributed by atoms with Crippen LogP contribution in [0.15, 0.2) is 0 Å². The van der Waals surface area contributed by atoms with Crippen LogP contribution in [-0.4, -0.2) is 23.4 Å². The SMILES string of the molecule is O=C(OCCCl)c1sc(Cl)nc1C(F)(F)F. The van der Waals surface area contributed by atoms with Gasteiger partial charge in [0.2, 0.25) is 0 Å². The van der Waals surface area contributed by atoms with Gasteiger partial charge in [0.25, 0.3) is 0 Å². The van der Waals surface area contributed by atoms with Gasteiger partial charge in [-0.1, -0.05) is 22.9 Å². The van der Waals surface area contributed by atoms with Gasteiger partial charge < -0.3 is 4.74 Å². The number of ether oxygens (including phenoxy) is 1. The van der Waals surface area contributed by atoms with E-state index in [-0.39, 0.29) is 17.0 Å². The Hall–Kier alpha value is -0.530. The van der Waals surface area contributed by atoms with Crippen LogP contribution in [0.3, 0.4) is 0 Å². The van der Waals surface area contributed by atoms with Crippen molar-refractivity contribution >= 4 is 40.5 Å². The van der Waals surface area contributed by atoms with Crippen LogP contribution in [0.5, 0.6) is 0 Å². The Morgan fingerprint density at radius 2 is 2.12 bits per heavy atom. The summed E-state index contributed by atoms with van der Waals surface area (Å²) in [5, 5.41) is 0. The zero-order valence-corrected chi connectivity index (χ0v) is 9.80. The number of esters is 1. The van der Waals surface area contributed by atoms with E-state index in [4.69, 9.17) is 23.2 Å². The van der Waals surface area contributed by atoms with Crippen molar-refractivity contribution in [3.63, 3.8) is 0 Å². The van der Waals surface area contributed by atoms with Crippen molar-refractivity contribution in [2.75, 3.05) is 12.5 Å². The van der Waals surface area contributed by atoms with Crippen molar-refractivity contribution in [2.24, 2.45) is 0 Å². The highest BCUT2D eigenvalue weighted by Gasteiger charge is 2.40. The largest absolute Gasteiger partial charge is 0.460 e. The van der Waals surface area contributed by atoms with Crippen LogP contribution < -0.4 is 0 Å². The van der Waals surface area contributed by atoms with Crippen molar-refractivity contribution in [1.82, 2.24) is 4.98 Å². The number of alkyl halides is 4. The third kappa shape index (κ3) is 3.23. The minimum Gasteiger partial charge on any atom is -0.460 e. The molecule has 0 fully saturated rings. The van der Waals surface area contributed by atoms with E-state index in [9.17, 15) is 18.0 Å². The highest BCUT2D eigenvalue weighted by molar-refractivity contribution is 7.17. The number of hydrogen-bond donors (Lipinski definition) is 0. The molecular formula is C7H4Cl2F3NO2S. The summed E-state index contributed by atoms with van der Waals surface area (Å²) in [5.74, 6) is -1.13. The van der Waals surface area contributed by atoms with Crippen LogP contribution in [0.2, 0.25) is 4.47 Å². The molecule has 9 heteroatoms. The van der Waals surface area contributed by atoms with Gasteiger partial charge in [0.05, 0.1) is 5.88 Å². The maximum Gasteiger partial charge on any atom is 0.435 e. The average molecular weight is 294 g/mol. The number of halogens is 5. The summed E-state index contributed by atoms with van der Waals surface area (Å²) in [5.41, 5.74) is -1.33. The Bertz CT molecular complexity index is 393. The highest BCUT2D eigenvalue weighted by Crippen LogP contribution is 2.36. The summed E-state index contributed by atoms with van der Waals surface area (Å²) in [4.78, 5) is 13.6. The zero-order chi connectivity index (χ0) is 12.3. The van der Waals surface area contributed by atoms with Gasteiger partial charge in [-0.25, -0.2) is 9.78 Å². The van der Waals surface area contributed by atoms with Gasteiger partial charge >= 0.3 is 12.1 Å². The number of hydrogen-bond acceptors (Lipinski definition) is 4. The van der Waals surface area contributed by atoms with E-state index < -0.39 is 22.7 Å². The summed E-state index contributed by atoms with van der Waals surface area (Å²) in [6, 6.07) is 0. The second-order valence-corrected chi connectivity index (χ2v) is 4.43. The fourth-order valence-corrected chi connectivity index (χ4v) is 1.92. The normalized spacial score (nSPS) is 11.6. The molecule has 0 aromatic carbocycles. The molecule has 1 aromatic rings. The Morgan fingerprint density at radius 1 is 1.50 bits per heavy atom. The maximum absolute atomic E-state index is 12.4. The predicted octanol–water partition coefficient (Wildman–Crippen LogP) is 3.21. The second kappa shape index (κ2) is 5.20. The van der Waals surface area contributed by atoms with Gasteiger partial charge in [-0.05, 0) is 0 Å². The highest BCUT2D eigenvalue weighted by atomic mass is 35.5. The maximum atomic E-state index is 12.4. The molecule has 0 N–H and O–H groups in total. The molecule has 0 unspecified atom stereocenters. The Labute approximate surface area is 102 Å². The topological polar surface area (TPSA) is 39.2 Å². The van der Waals surface area contributed by atoms with Crippen molar-refractivity contribution in [1.29, 1.82) is 0 Å². The first kappa shape index (κ1) is 13.5. The standard InChI is InChI=1S/C7H4Cl2F3NO2S/c8-1-2-15-5(14)3-4(7(10,11)12)13-6(9)16-3/h1-2H2. The summed E-state index contributed by atoms with van der Waals surface area (Å²) in [6.45, 7) is -0.173. The molecule has 3 nitrogen and oxygen atoms in total. The van der Waals surface area contributed by atoms with Crippen molar-refractivity contribution < 1.29 is 22.7 Å². The minimum absolute atomic E-state index is 0.000370. The summed E-state index contributed by atoms with van der Waals surface area (Å²) >= 11 is 11.0. The van der Waals surface area contributed by atoms with Crippen LogP contribution in [0.4, 0.5) is 13.2 Å². The Kier molecular flexibility index (Phi) is 4.40. The minimum atomic E-state index is -4.74. The Morgan fingerprint density at radius 3 is 2.62 bits per heavy atom. The number of carbonyl (C=O) groups excluding carboxylic acids is 1. The molecule has 16 heavy (non-hydrogen) atoms. The van der Waals surface area contributed by atoms with Crippen LogP contribution in [0.1, 0.15) is 15.4 Å². The second-order valence-electron chi connectivity index (χ2n) is 2.47. The smallest absolute Gasteiger partial charge is 0.435 e. The lowest BCUT2D eigenvalue weighted by Gasteiger charge is -2.05. The Balaban J connectivity index is 2.99. The molecule has 0 aliphatic heterocycles. The van der Waals surface area contributed by atoms with Gasteiger partial charge in [0, 0.05) is 0 Å². The predicted molar refractivity (Wildman–Crippen MR) is 53.1 cm³/mol. The third-order valence-corrected chi connectivity index (χ3v) is 2.66. The van der Waals surface area contributed by atoms with Gasteiger partial charge in [0.15, 0.2) is 10.2 Å². The number of rotatable bonds is 3. The van der Waals surface area contributed by atoms with E-state index in [0.717, 1.165) is 0 Å². The monoisotopic (exact) mass is 293 g/mol. The molecular weight excluding hydrogens is 290 g/mol. The van der Waals surface area contributed by atoms with E-state index in [1.807, 2.05) is 0 Å². The number of aromatic nitrogens is 1. The lowest BCUT2D eigenvalue weighted by Crippen LogP contribution is -2.14. The number of carbonyl (C=O) groups is 1. The van der Waals surface area contributed by atoms with Gasteiger partial charge in [-0.15, -0.1) is 11.6 Å². The molecule has 0 atom stereocenters. The summed E-state index contributed by atoms with van der Waals surface area (Å²) in [7, 11) is 0. The quantitative estimate of drug-likeness (QED) is 0.634. The number of thiazole rings is 1. The van der Waals surface area contributed by atoms with E-state index in [0.29, 0.717) is 11.3 Å². The third-order valence-electron chi connectivity index (χ3n) is 1.37. The van der Waals surface area contributed by atoms with E-state index in [1.54, 1.807) is 0 Å². The van der Waals surface area contributed by atoms with Gasteiger partial charge in [-0.2, -0.15) is 13.2 Å². The summed E-state index contributed by atoms with van der Waals surface area (Å²) < 4.78 is 41.3. The lowest BCUT2D eigenvalue weighted by atomic mass is 10.3.